The first-order valence-corrected chi connectivity index (χ1v) is 7.33. The van der Waals surface area contributed by atoms with E-state index in [1.54, 1.807) is 0 Å². The predicted molar refractivity (Wildman–Crippen MR) is 78.8 cm³/mol. The second-order valence-electron chi connectivity index (χ2n) is 6.26. The minimum absolute atomic E-state index is 0.0752. The summed E-state index contributed by atoms with van der Waals surface area (Å²) in [5.41, 5.74) is 12.2. The van der Waals surface area contributed by atoms with E-state index in [4.69, 9.17) is 5.73 Å². The maximum atomic E-state index is 6.72. The summed E-state index contributed by atoms with van der Waals surface area (Å²) < 4.78 is 0. The van der Waals surface area contributed by atoms with Gasteiger partial charge in [-0.2, -0.15) is 0 Å². The van der Waals surface area contributed by atoms with Crippen molar-refractivity contribution in [3.8, 4) is 0 Å². The Morgan fingerprint density at radius 3 is 2.17 bits per heavy atom. The molecule has 0 aromatic heterocycles. The molecule has 1 aromatic carbocycles. The number of benzene rings is 1. The van der Waals surface area contributed by atoms with Crippen LogP contribution in [0.3, 0.4) is 0 Å². The molecule has 0 aliphatic heterocycles. The molecule has 0 saturated heterocycles. The number of rotatable bonds is 2. The molecule has 1 nitrogen and oxygen atoms in total. The van der Waals surface area contributed by atoms with E-state index < -0.39 is 0 Å². The summed E-state index contributed by atoms with van der Waals surface area (Å²) in [5, 5.41) is 0. The van der Waals surface area contributed by atoms with E-state index in [0.29, 0.717) is 0 Å². The Morgan fingerprint density at radius 2 is 1.61 bits per heavy atom. The molecular formula is C17H27N. The summed E-state index contributed by atoms with van der Waals surface area (Å²) in [5.74, 6) is 0.897. The summed E-state index contributed by atoms with van der Waals surface area (Å²) in [6, 6.07) is 4.63. The van der Waals surface area contributed by atoms with Gasteiger partial charge >= 0.3 is 0 Å². The van der Waals surface area contributed by atoms with Gasteiger partial charge in [-0.1, -0.05) is 25.5 Å². The average Bonchev–Trinajstić information content (AvgIpc) is 2.34. The minimum atomic E-state index is -0.0752. The average molecular weight is 245 g/mol. The van der Waals surface area contributed by atoms with E-state index in [2.05, 4.69) is 39.8 Å². The first-order chi connectivity index (χ1) is 8.46. The van der Waals surface area contributed by atoms with E-state index in [1.165, 1.54) is 41.5 Å². The van der Waals surface area contributed by atoms with Crippen LogP contribution in [0.1, 0.15) is 61.3 Å². The van der Waals surface area contributed by atoms with Gasteiger partial charge in [0.05, 0.1) is 0 Å². The molecule has 100 valence electrons. The summed E-state index contributed by atoms with van der Waals surface area (Å²) in [7, 11) is 0. The standard InChI is InChI=1S/C17H27N/c1-5-15-6-8-17(18,9-7-15)16-11-13(3)12(2)10-14(16)4/h10-11,15H,5-9,18H2,1-4H3. The molecule has 1 saturated carbocycles. The van der Waals surface area contributed by atoms with Crippen molar-refractivity contribution in [3.63, 3.8) is 0 Å². The molecule has 0 unspecified atom stereocenters. The fraction of sp³-hybridized carbons (Fsp3) is 0.647. The highest BCUT2D eigenvalue weighted by Gasteiger charge is 2.33. The lowest BCUT2D eigenvalue weighted by Gasteiger charge is -2.38. The molecular weight excluding hydrogens is 218 g/mol. The van der Waals surface area contributed by atoms with Crippen LogP contribution >= 0.6 is 0 Å². The predicted octanol–water partition coefficient (Wildman–Crippen LogP) is 4.37. The molecule has 18 heavy (non-hydrogen) atoms. The molecule has 1 heteroatoms. The summed E-state index contributed by atoms with van der Waals surface area (Å²) >= 11 is 0. The van der Waals surface area contributed by atoms with Crippen LogP contribution in [0.15, 0.2) is 12.1 Å². The van der Waals surface area contributed by atoms with Crippen LogP contribution in [-0.2, 0) is 5.54 Å². The second-order valence-corrected chi connectivity index (χ2v) is 6.26. The van der Waals surface area contributed by atoms with Crippen molar-refractivity contribution >= 4 is 0 Å². The second kappa shape index (κ2) is 5.05. The molecule has 0 atom stereocenters. The first kappa shape index (κ1) is 13.6. The SMILES string of the molecule is CCC1CCC(N)(c2cc(C)c(C)cc2C)CC1. The molecule has 0 bridgehead atoms. The highest BCUT2D eigenvalue weighted by molar-refractivity contribution is 5.40. The van der Waals surface area contributed by atoms with Gasteiger partial charge in [-0.05, 0) is 74.6 Å². The van der Waals surface area contributed by atoms with Gasteiger partial charge in [0.25, 0.3) is 0 Å². The number of hydrogen-bond donors (Lipinski definition) is 1. The van der Waals surface area contributed by atoms with Crippen molar-refractivity contribution in [1.82, 2.24) is 0 Å². The Bertz CT molecular complexity index is 425. The van der Waals surface area contributed by atoms with Crippen molar-refractivity contribution in [3.05, 3.63) is 34.4 Å². The lowest BCUT2D eigenvalue weighted by Crippen LogP contribution is -2.41. The van der Waals surface area contributed by atoms with Gasteiger partial charge in [-0.3, -0.25) is 0 Å². The maximum Gasteiger partial charge on any atom is 0.0412 e. The molecule has 1 aromatic rings. The highest BCUT2D eigenvalue weighted by Crippen LogP contribution is 2.40. The quantitative estimate of drug-likeness (QED) is 0.823. The highest BCUT2D eigenvalue weighted by atomic mass is 14.7. The Hall–Kier alpha value is -0.820. The van der Waals surface area contributed by atoms with Crippen molar-refractivity contribution < 1.29 is 0 Å². The molecule has 0 amide bonds. The first-order valence-electron chi connectivity index (χ1n) is 7.33. The Labute approximate surface area is 112 Å². The maximum absolute atomic E-state index is 6.72. The molecule has 2 N–H and O–H groups in total. The van der Waals surface area contributed by atoms with Crippen molar-refractivity contribution in [1.29, 1.82) is 0 Å². The summed E-state index contributed by atoms with van der Waals surface area (Å²) in [6.45, 7) is 8.89. The normalized spacial score (nSPS) is 28.4. The summed E-state index contributed by atoms with van der Waals surface area (Å²) in [6.07, 6.45) is 6.18. The molecule has 1 aliphatic carbocycles. The van der Waals surface area contributed by atoms with E-state index in [0.717, 1.165) is 18.8 Å². The largest absolute Gasteiger partial charge is 0.321 e. The molecule has 0 heterocycles. The van der Waals surface area contributed by atoms with Crippen LogP contribution in [0.5, 0.6) is 0 Å². The van der Waals surface area contributed by atoms with E-state index in [9.17, 15) is 0 Å². The third kappa shape index (κ3) is 2.47. The molecule has 1 fully saturated rings. The monoisotopic (exact) mass is 245 g/mol. The zero-order valence-corrected chi connectivity index (χ0v) is 12.3. The van der Waals surface area contributed by atoms with Crippen LogP contribution in [0.25, 0.3) is 0 Å². The number of hydrogen-bond acceptors (Lipinski definition) is 1. The number of nitrogens with two attached hydrogens (primary N) is 1. The van der Waals surface area contributed by atoms with Crippen LogP contribution in [-0.4, -0.2) is 0 Å². The molecule has 2 rings (SSSR count). The van der Waals surface area contributed by atoms with Crippen LogP contribution < -0.4 is 5.73 Å². The third-order valence-corrected chi connectivity index (χ3v) is 4.95. The van der Waals surface area contributed by atoms with Crippen molar-refractivity contribution in [2.75, 3.05) is 0 Å². The topological polar surface area (TPSA) is 26.0 Å². The number of aryl methyl sites for hydroxylation is 3. The molecule has 1 aliphatic rings. The molecule has 0 radical (unpaired) electrons. The Kier molecular flexibility index (Phi) is 3.82. The van der Waals surface area contributed by atoms with Gasteiger partial charge < -0.3 is 5.73 Å². The smallest absolute Gasteiger partial charge is 0.0412 e. The fourth-order valence-electron chi connectivity index (χ4n) is 3.37. The van der Waals surface area contributed by atoms with Crippen LogP contribution in [0.2, 0.25) is 0 Å². The zero-order valence-electron chi connectivity index (χ0n) is 12.3. The lowest BCUT2D eigenvalue weighted by molar-refractivity contribution is 0.231. The summed E-state index contributed by atoms with van der Waals surface area (Å²) in [4.78, 5) is 0. The van der Waals surface area contributed by atoms with Crippen molar-refractivity contribution in [2.24, 2.45) is 11.7 Å². The lowest BCUT2D eigenvalue weighted by atomic mass is 9.71. The Morgan fingerprint density at radius 1 is 1.06 bits per heavy atom. The van der Waals surface area contributed by atoms with E-state index in [1.807, 2.05) is 0 Å². The van der Waals surface area contributed by atoms with Gasteiger partial charge in [-0.25, -0.2) is 0 Å². The van der Waals surface area contributed by atoms with Gasteiger partial charge in [0.1, 0.15) is 0 Å². The van der Waals surface area contributed by atoms with Crippen LogP contribution in [0, 0.1) is 26.7 Å². The van der Waals surface area contributed by atoms with Crippen LogP contribution in [0.4, 0.5) is 0 Å². The van der Waals surface area contributed by atoms with Gasteiger partial charge in [0, 0.05) is 5.54 Å². The fourth-order valence-corrected chi connectivity index (χ4v) is 3.37. The Balaban J connectivity index is 2.28. The zero-order chi connectivity index (χ0) is 13.3. The van der Waals surface area contributed by atoms with Gasteiger partial charge in [0.2, 0.25) is 0 Å². The van der Waals surface area contributed by atoms with Gasteiger partial charge in [-0.15, -0.1) is 0 Å². The van der Waals surface area contributed by atoms with Gasteiger partial charge in [0.15, 0.2) is 0 Å². The minimum Gasteiger partial charge on any atom is -0.321 e. The van der Waals surface area contributed by atoms with E-state index in [-0.39, 0.29) is 5.54 Å². The van der Waals surface area contributed by atoms with Crippen molar-refractivity contribution in [2.45, 2.75) is 65.3 Å². The van der Waals surface area contributed by atoms with E-state index >= 15 is 0 Å². The third-order valence-electron chi connectivity index (χ3n) is 4.95. The molecule has 0 spiro atoms.